The fraction of sp³-hybridized carbons (Fsp3) is 0.632. The summed E-state index contributed by atoms with van der Waals surface area (Å²) < 4.78 is 11.2. The lowest BCUT2D eigenvalue weighted by Gasteiger charge is -2.27. The van der Waals surface area contributed by atoms with E-state index in [1.165, 1.54) is 0 Å². The third kappa shape index (κ3) is 3.60. The first-order chi connectivity index (χ1) is 11.7. The maximum Gasteiger partial charge on any atom is 0.336 e. The smallest absolute Gasteiger partial charge is 0.336 e. The molecule has 4 bridgehead atoms. The van der Waals surface area contributed by atoms with Crippen molar-refractivity contribution in [3.8, 4) is 0 Å². The summed E-state index contributed by atoms with van der Waals surface area (Å²) in [6.07, 6.45) is 0.187. The van der Waals surface area contributed by atoms with Crippen LogP contribution < -0.4 is 0 Å². The van der Waals surface area contributed by atoms with Crippen LogP contribution >= 0.6 is 0 Å². The zero-order chi connectivity index (χ0) is 18.4. The summed E-state index contributed by atoms with van der Waals surface area (Å²) in [6, 6.07) is 0. The van der Waals surface area contributed by atoms with E-state index in [4.69, 9.17) is 9.47 Å². The molecule has 2 fully saturated rings. The molecule has 5 atom stereocenters. The number of carbonyl (C=O) groups excluding carboxylic acids is 3. The highest BCUT2D eigenvalue weighted by Gasteiger charge is 2.49. The second-order valence-corrected chi connectivity index (χ2v) is 7.68. The van der Waals surface area contributed by atoms with Gasteiger partial charge in [-0.2, -0.15) is 0 Å². The van der Waals surface area contributed by atoms with E-state index in [0.29, 0.717) is 6.42 Å². The van der Waals surface area contributed by atoms with Crippen molar-refractivity contribution in [3.05, 3.63) is 23.8 Å². The van der Waals surface area contributed by atoms with Crippen LogP contribution in [0, 0.1) is 5.92 Å². The fourth-order valence-corrected chi connectivity index (χ4v) is 3.88. The van der Waals surface area contributed by atoms with E-state index >= 15 is 0 Å². The normalized spacial score (nSPS) is 39.2. The third-order valence-electron chi connectivity index (χ3n) is 5.34. The quantitative estimate of drug-likeness (QED) is 0.572. The highest BCUT2D eigenvalue weighted by molar-refractivity contribution is 5.93. The number of esters is 1. The van der Waals surface area contributed by atoms with E-state index in [9.17, 15) is 19.5 Å². The summed E-state index contributed by atoms with van der Waals surface area (Å²) in [5, 5.41) is 10.5. The van der Waals surface area contributed by atoms with E-state index in [2.05, 4.69) is 6.58 Å². The summed E-state index contributed by atoms with van der Waals surface area (Å²) in [4.78, 5) is 36.8. The zero-order valence-corrected chi connectivity index (χ0v) is 14.6. The predicted molar refractivity (Wildman–Crippen MR) is 88.7 cm³/mol. The van der Waals surface area contributed by atoms with Gasteiger partial charge in [0.15, 0.2) is 5.78 Å². The van der Waals surface area contributed by atoms with E-state index in [-0.39, 0.29) is 48.7 Å². The summed E-state index contributed by atoms with van der Waals surface area (Å²) in [6.45, 7) is 7.50. The lowest BCUT2D eigenvalue weighted by Crippen LogP contribution is -2.35. The molecule has 0 radical (unpaired) electrons. The van der Waals surface area contributed by atoms with Gasteiger partial charge < -0.3 is 14.6 Å². The van der Waals surface area contributed by atoms with Crippen LogP contribution in [0.5, 0.6) is 0 Å². The number of allylic oxidation sites excluding steroid dienone is 2. The Hall–Kier alpha value is -1.79. The van der Waals surface area contributed by atoms with Gasteiger partial charge in [0, 0.05) is 25.7 Å². The van der Waals surface area contributed by atoms with Gasteiger partial charge in [-0.05, 0) is 26.2 Å². The molecule has 1 N–H and O–H groups in total. The first-order valence-corrected chi connectivity index (χ1v) is 8.65. The number of hydrogen-bond acceptors (Lipinski definition) is 6. The number of aliphatic hydroxyl groups is 1. The molecule has 3 aliphatic rings. The molecule has 0 unspecified atom stereocenters. The molecule has 0 spiro atoms. The molecule has 25 heavy (non-hydrogen) atoms. The second-order valence-electron chi connectivity index (χ2n) is 7.68. The van der Waals surface area contributed by atoms with Crippen molar-refractivity contribution in [2.45, 2.75) is 69.9 Å². The number of ketones is 2. The summed E-state index contributed by atoms with van der Waals surface area (Å²) in [5.74, 6) is -0.871. The van der Waals surface area contributed by atoms with Crippen molar-refractivity contribution >= 4 is 17.5 Å². The van der Waals surface area contributed by atoms with Gasteiger partial charge >= 0.3 is 5.97 Å². The number of carbonyl (C=O) groups is 3. The topological polar surface area (TPSA) is 89.9 Å². The molecule has 3 heterocycles. The highest BCUT2D eigenvalue weighted by atomic mass is 16.6. The zero-order valence-electron chi connectivity index (χ0n) is 14.6. The van der Waals surface area contributed by atoms with Gasteiger partial charge in [-0.1, -0.05) is 18.2 Å². The molecule has 2 saturated heterocycles. The van der Waals surface area contributed by atoms with Crippen molar-refractivity contribution in [2.75, 3.05) is 0 Å². The van der Waals surface area contributed by atoms with Gasteiger partial charge in [0.1, 0.15) is 24.1 Å². The minimum Gasteiger partial charge on any atom is -0.456 e. The SMILES string of the molecule is C=C(C)[C@H]1CC=C2C(=O)O[C@H](C[C@]3(C)CC(=O)[C@H](CC(=O)C1)O3)[C@H]2O. The maximum absolute atomic E-state index is 12.4. The van der Waals surface area contributed by atoms with Gasteiger partial charge in [-0.3, -0.25) is 9.59 Å². The lowest BCUT2D eigenvalue weighted by molar-refractivity contribution is -0.144. The fourth-order valence-electron chi connectivity index (χ4n) is 3.88. The average molecular weight is 348 g/mol. The van der Waals surface area contributed by atoms with Gasteiger partial charge in [-0.25, -0.2) is 4.79 Å². The first kappa shape index (κ1) is 18.0. The van der Waals surface area contributed by atoms with Crippen LogP contribution in [0.1, 0.15) is 46.0 Å². The summed E-state index contributed by atoms with van der Waals surface area (Å²) >= 11 is 0. The molecule has 0 aromatic carbocycles. The lowest BCUT2D eigenvalue weighted by atomic mass is 9.87. The Morgan fingerprint density at radius 3 is 2.72 bits per heavy atom. The van der Waals surface area contributed by atoms with Crippen LogP contribution in [0.15, 0.2) is 23.8 Å². The molecule has 0 aromatic heterocycles. The monoisotopic (exact) mass is 348 g/mol. The number of fused-ring (bicyclic) bond motifs is 4. The Bertz CT molecular complexity index is 663. The Kier molecular flexibility index (Phi) is 4.68. The largest absolute Gasteiger partial charge is 0.456 e. The van der Waals surface area contributed by atoms with Gasteiger partial charge in [-0.15, -0.1) is 0 Å². The summed E-state index contributed by atoms with van der Waals surface area (Å²) in [7, 11) is 0. The minimum absolute atomic E-state index is 0.0541. The molecule has 0 aliphatic carbocycles. The van der Waals surface area contributed by atoms with E-state index in [1.807, 2.05) is 6.92 Å². The van der Waals surface area contributed by atoms with Crippen molar-refractivity contribution in [2.24, 2.45) is 5.92 Å². The van der Waals surface area contributed by atoms with Crippen LogP contribution in [0.25, 0.3) is 0 Å². The molecular weight excluding hydrogens is 324 g/mol. The molecule has 6 heteroatoms. The van der Waals surface area contributed by atoms with Gasteiger partial charge in [0.05, 0.1) is 11.2 Å². The standard InChI is InChI=1S/C19H24O6/c1-10(2)11-4-5-13-17(22)16(24-18(13)23)9-19(3)8-14(21)15(25-19)7-12(20)6-11/h5,11,15-17,22H,1,4,6-9H2,2-3H3/t11-,15-,16+,17-,19-/m0/s1. The second kappa shape index (κ2) is 6.50. The number of ether oxygens (including phenoxy) is 2. The Morgan fingerprint density at radius 2 is 2.04 bits per heavy atom. The number of Topliss-reactive ketones (excluding diaryl/α,β-unsaturated/α-hetero) is 2. The molecule has 0 aromatic rings. The van der Waals surface area contributed by atoms with Gasteiger partial charge in [0.2, 0.25) is 0 Å². The molecule has 0 amide bonds. The summed E-state index contributed by atoms with van der Waals surface area (Å²) in [5.41, 5.74) is 0.194. The molecule has 136 valence electrons. The van der Waals surface area contributed by atoms with Crippen LogP contribution in [-0.4, -0.2) is 46.6 Å². The van der Waals surface area contributed by atoms with Crippen LogP contribution in [-0.2, 0) is 23.9 Å². The predicted octanol–water partition coefficient (Wildman–Crippen LogP) is 1.65. The van der Waals surface area contributed by atoms with Crippen molar-refractivity contribution in [3.63, 3.8) is 0 Å². The maximum atomic E-state index is 12.4. The first-order valence-electron chi connectivity index (χ1n) is 8.65. The Balaban J connectivity index is 1.94. The van der Waals surface area contributed by atoms with Gasteiger partial charge in [0.25, 0.3) is 0 Å². The van der Waals surface area contributed by atoms with Crippen molar-refractivity contribution in [1.29, 1.82) is 0 Å². The molecule has 6 nitrogen and oxygen atoms in total. The molecular formula is C19H24O6. The number of aliphatic hydroxyl groups excluding tert-OH is 1. The Labute approximate surface area is 146 Å². The van der Waals surface area contributed by atoms with Crippen LogP contribution in [0.4, 0.5) is 0 Å². The van der Waals surface area contributed by atoms with Crippen LogP contribution in [0.2, 0.25) is 0 Å². The molecule has 3 rings (SSSR count). The number of rotatable bonds is 1. The van der Waals surface area contributed by atoms with Crippen molar-refractivity contribution < 1.29 is 29.0 Å². The average Bonchev–Trinajstić information content (AvgIpc) is 2.91. The highest BCUT2D eigenvalue weighted by Crippen LogP contribution is 2.38. The van der Waals surface area contributed by atoms with Crippen LogP contribution in [0.3, 0.4) is 0 Å². The number of hydrogen-bond donors (Lipinski definition) is 1. The molecule has 3 aliphatic heterocycles. The minimum atomic E-state index is -1.05. The van der Waals surface area contributed by atoms with Crippen molar-refractivity contribution in [1.82, 2.24) is 0 Å². The third-order valence-corrected chi connectivity index (χ3v) is 5.34. The van der Waals surface area contributed by atoms with E-state index in [0.717, 1.165) is 5.57 Å². The van der Waals surface area contributed by atoms with E-state index < -0.39 is 29.9 Å². The Morgan fingerprint density at radius 1 is 1.32 bits per heavy atom. The van der Waals surface area contributed by atoms with E-state index in [1.54, 1.807) is 13.0 Å². The molecule has 0 saturated carbocycles.